The molecule has 32 heavy (non-hydrogen) atoms. The molecule has 0 spiro atoms. The Morgan fingerprint density at radius 3 is 2.56 bits per heavy atom. The first kappa shape index (κ1) is 22.5. The lowest BCUT2D eigenvalue weighted by Gasteiger charge is -2.42. The Morgan fingerprint density at radius 2 is 2.03 bits per heavy atom. The van der Waals surface area contributed by atoms with E-state index in [-0.39, 0.29) is 30.3 Å². The highest BCUT2D eigenvalue weighted by molar-refractivity contribution is 5.85. The van der Waals surface area contributed by atoms with E-state index in [2.05, 4.69) is 15.2 Å². The lowest BCUT2D eigenvalue weighted by atomic mass is 9.74. The number of aliphatic hydroxyl groups is 1. The second-order valence-electron chi connectivity index (χ2n) is 8.85. The third-order valence-electron chi connectivity index (χ3n) is 6.70. The zero-order valence-electron chi connectivity index (χ0n) is 18.0. The maximum absolute atomic E-state index is 13.1. The van der Waals surface area contributed by atoms with E-state index in [9.17, 15) is 23.1 Å². The van der Waals surface area contributed by atoms with Gasteiger partial charge in [0.05, 0.1) is 18.1 Å². The predicted octanol–water partition coefficient (Wildman–Crippen LogP) is 2.97. The van der Waals surface area contributed by atoms with Crippen LogP contribution in [0.2, 0.25) is 0 Å². The summed E-state index contributed by atoms with van der Waals surface area (Å²) in [5.74, 6) is -0.0360. The van der Waals surface area contributed by atoms with Crippen molar-refractivity contribution in [2.45, 2.75) is 50.3 Å². The number of amides is 1. The van der Waals surface area contributed by atoms with E-state index in [1.54, 1.807) is 18.3 Å². The van der Waals surface area contributed by atoms with E-state index in [1.807, 2.05) is 6.92 Å². The Balaban J connectivity index is 1.48. The normalized spacial score (nSPS) is 24.7. The number of piperidine rings is 1. The molecule has 1 aliphatic carbocycles. The predicted molar refractivity (Wildman–Crippen MR) is 106 cm³/mol. The highest BCUT2D eigenvalue weighted by atomic mass is 19.4. The largest absolute Gasteiger partial charge is 0.481 e. The van der Waals surface area contributed by atoms with E-state index in [0.717, 1.165) is 17.7 Å². The van der Waals surface area contributed by atoms with Crippen molar-refractivity contribution in [3.63, 3.8) is 0 Å². The number of hydrogen-bond donors (Lipinski definition) is 1. The number of ether oxygens (including phenoxy) is 1. The second-order valence-corrected chi connectivity index (χ2v) is 8.85. The minimum atomic E-state index is -5.03. The molecule has 1 N–H and O–H groups in total. The van der Waals surface area contributed by atoms with Gasteiger partial charge in [0.2, 0.25) is 23.3 Å². The number of halogens is 3. The SMILES string of the molecule is COc1ccc(-c2nnc(C3([C@@H]4CCN(C(=O)C(C)(O)C(F)(F)F)C[C@@H]4C)CC3)o2)cn1. The number of aromatic nitrogens is 3. The molecule has 3 atom stereocenters. The molecule has 0 bridgehead atoms. The van der Waals surface area contributed by atoms with Crippen LogP contribution in [0.15, 0.2) is 22.7 Å². The molecular formula is C21H25F3N4O4. The van der Waals surface area contributed by atoms with E-state index < -0.39 is 17.7 Å². The summed E-state index contributed by atoms with van der Waals surface area (Å²) in [4.78, 5) is 17.6. The van der Waals surface area contributed by atoms with Crippen molar-refractivity contribution in [3.8, 4) is 17.3 Å². The van der Waals surface area contributed by atoms with Crippen LogP contribution in [0.5, 0.6) is 5.88 Å². The molecular weight excluding hydrogens is 429 g/mol. The van der Waals surface area contributed by atoms with Crippen molar-refractivity contribution < 1.29 is 32.2 Å². The molecule has 1 aliphatic heterocycles. The minimum Gasteiger partial charge on any atom is -0.481 e. The summed E-state index contributed by atoms with van der Waals surface area (Å²) in [7, 11) is 1.52. The first-order chi connectivity index (χ1) is 15.0. The summed E-state index contributed by atoms with van der Waals surface area (Å²) in [6.45, 7) is 2.66. The molecule has 4 rings (SSSR count). The summed E-state index contributed by atoms with van der Waals surface area (Å²) in [5, 5.41) is 18.2. The van der Waals surface area contributed by atoms with Gasteiger partial charge in [-0.2, -0.15) is 13.2 Å². The lowest BCUT2D eigenvalue weighted by Crippen LogP contribution is -2.58. The Kier molecular flexibility index (Phi) is 5.43. The maximum Gasteiger partial charge on any atom is 0.426 e. The van der Waals surface area contributed by atoms with Crippen molar-refractivity contribution >= 4 is 5.91 Å². The van der Waals surface area contributed by atoms with Gasteiger partial charge in [0, 0.05) is 25.4 Å². The molecule has 174 valence electrons. The molecule has 3 heterocycles. The summed E-state index contributed by atoms with van der Waals surface area (Å²) in [6.07, 6.45) is -1.30. The Morgan fingerprint density at radius 1 is 1.31 bits per heavy atom. The van der Waals surface area contributed by atoms with Gasteiger partial charge in [-0.25, -0.2) is 4.98 Å². The van der Waals surface area contributed by atoms with Gasteiger partial charge in [-0.1, -0.05) is 6.92 Å². The fraction of sp³-hybridized carbons (Fsp3) is 0.619. The molecule has 2 fully saturated rings. The highest BCUT2D eigenvalue weighted by Crippen LogP contribution is 2.58. The summed E-state index contributed by atoms with van der Waals surface area (Å²) < 4.78 is 50.3. The summed E-state index contributed by atoms with van der Waals surface area (Å²) in [6, 6.07) is 3.46. The molecule has 0 aromatic carbocycles. The third-order valence-corrected chi connectivity index (χ3v) is 6.70. The van der Waals surface area contributed by atoms with Crippen LogP contribution in [0.25, 0.3) is 11.5 Å². The minimum absolute atomic E-state index is 0.0738. The van der Waals surface area contributed by atoms with Gasteiger partial charge >= 0.3 is 6.18 Å². The van der Waals surface area contributed by atoms with Crippen molar-refractivity contribution in [3.05, 3.63) is 24.2 Å². The molecule has 1 amide bonds. The molecule has 8 nitrogen and oxygen atoms in total. The molecule has 0 radical (unpaired) electrons. The lowest BCUT2D eigenvalue weighted by molar-refractivity contribution is -0.251. The molecule has 2 aromatic rings. The van der Waals surface area contributed by atoms with Crippen LogP contribution in [0.4, 0.5) is 13.2 Å². The standard InChI is InChI=1S/C21H25F3N4O4/c1-12-11-28(18(29)19(2,30)21(22,23)24)9-6-14(12)20(7-8-20)17-27-26-16(32-17)13-4-5-15(31-3)25-10-13/h4-5,10,12,14,30H,6-9,11H2,1-3H3/t12-,14+,19?/m0/s1. The quantitative estimate of drug-likeness (QED) is 0.741. The number of likely N-dealkylation sites (tertiary alicyclic amines) is 1. The topological polar surface area (TPSA) is 102 Å². The fourth-order valence-electron chi connectivity index (χ4n) is 4.63. The number of alkyl halides is 3. The van der Waals surface area contributed by atoms with Crippen molar-refractivity contribution in [1.82, 2.24) is 20.1 Å². The van der Waals surface area contributed by atoms with Gasteiger partial charge in [-0.05, 0) is 44.1 Å². The first-order valence-corrected chi connectivity index (χ1v) is 10.4. The van der Waals surface area contributed by atoms with Gasteiger partial charge < -0.3 is 19.2 Å². The average Bonchev–Trinajstić information content (AvgIpc) is 3.40. The first-order valence-electron chi connectivity index (χ1n) is 10.4. The van der Waals surface area contributed by atoms with Crippen molar-refractivity contribution in [1.29, 1.82) is 0 Å². The van der Waals surface area contributed by atoms with E-state index in [1.165, 1.54) is 7.11 Å². The molecule has 1 saturated heterocycles. The monoisotopic (exact) mass is 454 g/mol. The van der Waals surface area contributed by atoms with Gasteiger partial charge in [0.1, 0.15) is 0 Å². The van der Waals surface area contributed by atoms with Crippen LogP contribution >= 0.6 is 0 Å². The van der Waals surface area contributed by atoms with Crippen LogP contribution < -0.4 is 4.74 Å². The van der Waals surface area contributed by atoms with E-state index >= 15 is 0 Å². The fourth-order valence-corrected chi connectivity index (χ4v) is 4.63. The Labute approximate surface area is 182 Å². The van der Waals surface area contributed by atoms with Crippen molar-refractivity contribution in [2.24, 2.45) is 11.8 Å². The Bertz CT molecular complexity index is 986. The van der Waals surface area contributed by atoms with E-state index in [4.69, 9.17) is 9.15 Å². The molecule has 1 unspecified atom stereocenters. The van der Waals surface area contributed by atoms with Gasteiger partial charge in [0.15, 0.2) is 0 Å². The zero-order chi connectivity index (χ0) is 23.3. The molecule has 2 aliphatic rings. The summed E-state index contributed by atoms with van der Waals surface area (Å²) >= 11 is 0. The number of carbonyl (C=O) groups excluding carboxylic acids is 1. The van der Waals surface area contributed by atoms with Crippen LogP contribution in [0.3, 0.4) is 0 Å². The van der Waals surface area contributed by atoms with Crippen molar-refractivity contribution in [2.75, 3.05) is 20.2 Å². The molecule has 2 aromatic heterocycles. The number of pyridine rings is 1. The highest BCUT2D eigenvalue weighted by Gasteiger charge is 2.60. The van der Waals surface area contributed by atoms with Crippen LogP contribution in [0.1, 0.15) is 39.0 Å². The second kappa shape index (κ2) is 7.72. The van der Waals surface area contributed by atoms with Crippen LogP contribution in [-0.2, 0) is 10.2 Å². The van der Waals surface area contributed by atoms with E-state index in [0.29, 0.717) is 36.6 Å². The summed E-state index contributed by atoms with van der Waals surface area (Å²) in [5.41, 5.74) is -3.08. The van der Waals surface area contributed by atoms with Gasteiger partial charge in [-0.3, -0.25) is 4.79 Å². The number of rotatable bonds is 5. The number of nitrogens with zero attached hydrogens (tertiary/aromatic N) is 4. The number of methoxy groups -OCH3 is 1. The maximum atomic E-state index is 13.1. The molecule has 1 saturated carbocycles. The Hall–Kier alpha value is -2.69. The smallest absolute Gasteiger partial charge is 0.426 e. The zero-order valence-corrected chi connectivity index (χ0v) is 18.0. The third kappa shape index (κ3) is 3.72. The van der Waals surface area contributed by atoms with Gasteiger partial charge in [-0.15, -0.1) is 10.2 Å². The van der Waals surface area contributed by atoms with Gasteiger partial charge in [0.25, 0.3) is 5.91 Å². The van der Waals surface area contributed by atoms with Crippen LogP contribution in [0, 0.1) is 11.8 Å². The number of carbonyl (C=O) groups is 1. The molecule has 11 heteroatoms. The number of hydrogen-bond acceptors (Lipinski definition) is 7. The average molecular weight is 454 g/mol. The van der Waals surface area contributed by atoms with Crippen LogP contribution in [-0.4, -0.2) is 63.1 Å².